The minimum Gasteiger partial charge on any atom is -0.391 e. The molecule has 0 aromatic heterocycles. The molecule has 1 rings (SSSR count). The van der Waals surface area contributed by atoms with Gasteiger partial charge in [-0.05, 0) is 37.3 Å². The fraction of sp³-hybridized carbons (Fsp3) is 0.625. The Morgan fingerprint density at radius 1 is 1.11 bits per heavy atom. The zero-order valence-electron chi connectivity index (χ0n) is 12.5. The van der Waals surface area contributed by atoms with Gasteiger partial charge >= 0.3 is 0 Å². The van der Waals surface area contributed by atoms with Crippen molar-refractivity contribution in [3.05, 3.63) is 35.4 Å². The Hall–Kier alpha value is -0.900. The summed E-state index contributed by atoms with van der Waals surface area (Å²) in [5, 5.41) is 9.49. The molecule has 3 atom stereocenters. The SMILES string of the molecule is CC(C)Cc1ccc(C(CN)OC(C)C(C)O)cc1. The van der Waals surface area contributed by atoms with Crippen LogP contribution in [-0.2, 0) is 11.2 Å². The number of hydrogen-bond acceptors (Lipinski definition) is 3. The fourth-order valence-electron chi connectivity index (χ4n) is 1.98. The van der Waals surface area contributed by atoms with Crippen LogP contribution in [0.15, 0.2) is 24.3 Å². The molecule has 3 nitrogen and oxygen atoms in total. The maximum atomic E-state index is 9.49. The second kappa shape index (κ2) is 7.63. The molecule has 0 saturated heterocycles. The molecule has 0 heterocycles. The summed E-state index contributed by atoms with van der Waals surface area (Å²) in [5.41, 5.74) is 8.17. The summed E-state index contributed by atoms with van der Waals surface area (Å²) in [7, 11) is 0. The molecule has 1 aromatic rings. The summed E-state index contributed by atoms with van der Waals surface area (Å²) in [6.07, 6.45) is 0.217. The number of nitrogens with two attached hydrogens (primary N) is 1. The molecule has 0 fully saturated rings. The summed E-state index contributed by atoms with van der Waals surface area (Å²) in [6.45, 7) is 8.43. The summed E-state index contributed by atoms with van der Waals surface area (Å²) in [4.78, 5) is 0. The monoisotopic (exact) mass is 265 g/mol. The fourth-order valence-corrected chi connectivity index (χ4v) is 1.98. The average Bonchev–Trinajstić information content (AvgIpc) is 2.36. The molecular weight excluding hydrogens is 238 g/mol. The number of hydrogen-bond donors (Lipinski definition) is 2. The zero-order chi connectivity index (χ0) is 14.4. The first-order chi connectivity index (χ1) is 8.93. The molecule has 19 heavy (non-hydrogen) atoms. The highest BCUT2D eigenvalue weighted by Crippen LogP contribution is 2.20. The predicted molar refractivity (Wildman–Crippen MR) is 79.0 cm³/mol. The van der Waals surface area contributed by atoms with Crippen molar-refractivity contribution in [2.24, 2.45) is 11.7 Å². The Morgan fingerprint density at radius 3 is 2.11 bits per heavy atom. The van der Waals surface area contributed by atoms with Gasteiger partial charge in [0.05, 0.1) is 18.3 Å². The first kappa shape index (κ1) is 16.2. The van der Waals surface area contributed by atoms with Gasteiger partial charge in [-0.25, -0.2) is 0 Å². The topological polar surface area (TPSA) is 55.5 Å². The number of aliphatic hydroxyl groups excluding tert-OH is 1. The summed E-state index contributed by atoms with van der Waals surface area (Å²) in [6, 6.07) is 8.41. The van der Waals surface area contributed by atoms with E-state index in [2.05, 4.69) is 38.1 Å². The van der Waals surface area contributed by atoms with E-state index in [1.165, 1.54) is 5.56 Å². The second-order valence-electron chi connectivity index (χ2n) is 5.65. The average molecular weight is 265 g/mol. The van der Waals surface area contributed by atoms with E-state index in [-0.39, 0.29) is 12.2 Å². The highest BCUT2D eigenvalue weighted by Gasteiger charge is 2.17. The molecule has 0 aliphatic heterocycles. The lowest BCUT2D eigenvalue weighted by Gasteiger charge is -2.23. The zero-order valence-corrected chi connectivity index (χ0v) is 12.5. The molecule has 3 N–H and O–H groups in total. The van der Waals surface area contributed by atoms with Crippen LogP contribution < -0.4 is 5.73 Å². The van der Waals surface area contributed by atoms with Gasteiger partial charge in [-0.1, -0.05) is 38.1 Å². The molecule has 1 aromatic carbocycles. The van der Waals surface area contributed by atoms with Crippen LogP contribution in [0.2, 0.25) is 0 Å². The highest BCUT2D eigenvalue weighted by molar-refractivity contribution is 5.25. The minimum absolute atomic E-state index is 0.155. The third kappa shape index (κ3) is 5.31. The van der Waals surface area contributed by atoms with Crippen molar-refractivity contribution >= 4 is 0 Å². The van der Waals surface area contributed by atoms with Gasteiger partial charge in [0, 0.05) is 6.54 Å². The second-order valence-corrected chi connectivity index (χ2v) is 5.65. The van der Waals surface area contributed by atoms with E-state index in [0.717, 1.165) is 12.0 Å². The third-order valence-corrected chi connectivity index (χ3v) is 3.27. The molecule has 0 saturated carbocycles. The molecule has 3 unspecified atom stereocenters. The normalized spacial score (nSPS) is 16.4. The molecule has 0 spiro atoms. The number of rotatable bonds is 7. The van der Waals surface area contributed by atoms with E-state index in [9.17, 15) is 5.11 Å². The van der Waals surface area contributed by atoms with Crippen LogP contribution in [0.1, 0.15) is 44.9 Å². The highest BCUT2D eigenvalue weighted by atomic mass is 16.5. The molecule has 0 aliphatic rings. The van der Waals surface area contributed by atoms with Gasteiger partial charge in [0.25, 0.3) is 0 Å². The van der Waals surface area contributed by atoms with Crippen LogP contribution in [0.4, 0.5) is 0 Å². The van der Waals surface area contributed by atoms with Crippen molar-refractivity contribution in [2.75, 3.05) is 6.54 Å². The van der Waals surface area contributed by atoms with Gasteiger partial charge in [0.15, 0.2) is 0 Å². The van der Waals surface area contributed by atoms with Crippen LogP contribution in [0.3, 0.4) is 0 Å². The van der Waals surface area contributed by atoms with Gasteiger partial charge in [-0.2, -0.15) is 0 Å². The smallest absolute Gasteiger partial charge is 0.0952 e. The Labute approximate surface area is 116 Å². The van der Waals surface area contributed by atoms with Crippen LogP contribution in [-0.4, -0.2) is 23.9 Å². The van der Waals surface area contributed by atoms with Crippen molar-refractivity contribution < 1.29 is 9.84 Å². The van der Waals surface area contributed by atoms with Crippen molar-refractivity contribution in [1.29, 1.82) is 0 Å². The van der Waals surface area contributed by atoms with Gasteiger partial charge in [-0.3, -0.25) is 0 Å². The Morgan fingerprint density at radius 2 is 1.68 bits per heavy atom. The van der Waals surface area contributed by atoms with Gasteiger partial charge in [-0.15, -0.1) is 0 Å². The van der Waals surface area contributed by atoms with Gasteiger partial charge < -0.3 is 15.6 Å². The first-order valence-electron chi connectivity index (χ1n) is 7.06. The van der Waals surface area contributed by atoms with E-state index in [4.69, 9.17) is 10.5 Å². The predicted octanol–water partition coefficient (Wildman–Crippen LogP) is 2.67. The summed E-state index contributed by atoms with van der Waals surface area (Å²) < 4.78 is 5.79. The lowest BCUT2D eigenvalue weighted by Crippen LogP contribution is -2.28. The molecule has 0 amide bonds. The van der Waals surface area contributed by atoms with Crippen molar-refractivity contribution in [3.8, 4) is 0 Å². The van der Waals surface area contributed by atoms with Crippen molar-refractivity contribution in [3.63, 3.8) is 0 Å². The van der Waals surface area contributed by atoms with Crippen LogP contribution in [0.25, 0.3) is 0 Å². The standard InChI is InChI=1S/C16H27NO2/c1-11(2)9-14-5-7-15(8-6-14)16(10-17)19-13(4)12(3)18/h5-8,11-13,16,18H,9-10,17H2,1-4H3. The summed E-state index contributed by atoms with van der Waals surface area (Å²) >= 11 is 0. The number of benzene rings is 1. The van der Waals surface area contributed by atoms with Gasteiger partial charge in [0.1, 0.15) is 0 Å². The van der Waals surface area contributed by atoms with E-state index in [0.29, 0.717) is 12.5 Å². The van der Waals surface area contributed by atoms with Crippen LogP contribution >= 0.6 is 0 Å². The van der Waals surface area contributed by atoms with E-state index in [1.54, 1.807) is 6.92 Å². The van der Waals surface area contributed by atoms with Crippen LogP contribution in [0.5, 0.6) is 0 Å². The molecular formula is C16H27NO2. The Bertz CT molecular complexity index is 360. The largest absolute Gasteiger partial charge is 0.391 e. The third-order valence-electron chi connectivity index (χ3n) is 3.27. The minimum atomic E-state index is -0.491. The maximum Gasteiger partial charge on any atom is 0.0952 e. The maximum absolute atomic E-state index is 9.49. The van der Waals surface area contributed by atoms with E-state index < -0.39 is 6.10 Å². The summed E-state index contributed by atoms with van der Waals surface area (Å²) in [5.74, 6) is 0.655. The van der Waals surface area contributed by atoms with E-state index in [1.807, 2.05) is 6.92 Å². The molecule has 3 heteroatoms. The van der Waals surface area contributed by atoms with Crippen molar-refractivity contribution in [1.82, 2.24) is 0 Å². The lowest BCUT2D eigenvalue weighted by molar-refractivity contribution is -0.0591. The molecule has 108 valence electrons. The quantitative estimate of drug-likeness (QED) is 0.797. The Balaban J connectivity index is 2.71. The Kier molecular flexibility index (Phi) is 6.49. The number of ether oxygens (including phenoxy) is 1. The van der Waals surface area contributed by atoms with Crippen LogP contribution in [0, 0.1) is 5.92 Å². The van der Waals surface area contributed by atoms with Gasteiger partial charge in [0.2, 0.25) is 0 Å². The molecule has 0 radical (unpaired) electrons. The molecule has 0 bridgehead atoms. The van der Waals surface area contributed by atoms with E-state index >= 15 is 0 Å². The van der Waals surface area contributed by atoms with Crippen molar-refractivity contribution in [2.45, 2.75) is 52.4 Å². The lowest BCUT2D eigenvalue weighted by atomic mass is 10.00. The number of aliphatic hydroxyl groups is 1. The molecule has 0 aliphatic carbocycles. The first-order valence-corrected chi connectivity index (χ1v) is 7.06.